The summed E-state index contributed by atoms with van der Waals surface area (Å²) in [5.41, 5.74) is 0.482. The van der Waals surface area contributed by atoms with Crippen LogP contribution in [0.1, 0.15) is 41.0 Å². The van der Waals surface area contributed by atoms with Crippen molar-refractivity contribution in [2.75, 3.05) is 13.1 Å². The minimum atomic E-state index is -0.355. The fourth-order valence-corrected chi connectivity index (χ4v) is 3.79. The fourth-order valence-electron chi connectivity index (χ4n) is 3.06. The topological polar surface area (TPSA) is 49.4 Å². The second kappa shape index (κ2) is 7.78. The lowest BCUT2D eigenvalue weighted by Crippen LogP contribution is -2.43. The maximum absolute atomic E-state index is 13.0. The van der Waals surface area contributed by atoms with Gasteiger partial charge in [-0.2, -0.15) is 0 Å². The summed E-state index contributed by atoms with van der Waals surface area (Å²) >= 11 is 1.63. The molecule has 1 fully saturated rings. The molecule has 0 radical (unpaired) electrons. The second-order valence-electron chi connectivity index (χ2n) is 6.32. The van der Waals surface area contributed by atoms with E-state index < -0.39 is 0 Å². The van der Waals surface area contributed by atoms with Crippen molar-refractivity contribution in [2.24, 2.45) is 5.92 Å². The van der Waals surface area contributed by atoms with Gasteiger partial charge in [0.1, 0.15) is 5.82 Å². The van der Waals surface area contributed by atoms with Gasteiger partial charge in [-0.1, -0.05) is 6.07 Å². The number of piperidine rings is 1. The molecule has 132 valence electrons. The van der Waals surface area contributed by atoms with Crippen molar-refractivity contribution in [1.82, 2.24) is 10.2 Å². The number of benzene rings is 1. The number of nitrogens with one attached hydrogen (secondary N) is 1. The molecule has 3 rings (SSSR count). The number of rotatable bonds is 4. The summed E-state index contributed by atoms with van der Waals surface area (Å²) in [7, 11) is 0. The minimum absolute atomic E-state index is 0.00590. The first kappa shape index (κ1) is 17.6. The molecule has 4 nitrogen and oxygen atoms in total. The van der Waals surface area contributed by atoms with Gasteiger partial charge in [-0.15, -0.1) is 11.3 Å². The number of hydrogen-bond donors (Lipinski definition) is 1. The highest BCUT2D eigenvalue weighted by Crippen LogP contribution is 2.22. The van der Waals surface area contributed by atoms with Crippen LogP contribution in [0.2, 0.25) is 0 Å². The summed E-state index contributed by atoms with van der Waals surface area (Å²) in [6.45, 7) is 3.07. The molecule has 25 heavy (non-hydrogen) atoms. The molecule has 1 aromatic carbocycles. The molecule has 1 aliphatic heterocycles. The van der Waals surface area contributed by atoms with E-state index in [1.54, 1.807) is 16.2 Å². The van der Waals surface area contributed by atoms with Crippen molar-refractivity contribution >= 4 is 23.2 Å². The highest BCUT2D eigenvalue weighted by atomic mass is 32.1. The molecule has 1 saturated heterocycles. The Balaban J connectivity index is 1.52. The Hall–Kier alpha value is -2.21. The van der Waals surface area contributed by atoms with E-state index in [2.05, 4.69) is 5.32 Å². The first-order chi connectivity index (χ1) is 12.0. The van der Waals surface area contributed by atoms with E-state index in [4.69, 9.17) is 0 Å². The third-order valence-corrected chi connectivity index (χ3v) is 5.63. The summed E-state index contributed by atoms with van der Waals surface area (Å²) in [4.78, 5) is 27.7. The number of hydrogen-bond acceptors (Lipinski definition) is 3. The number of carbonyl (C=O) groups is 2. The molecule has 1 aromatic heterocycles. The quantitative estimate of drug-likeness (QED) is 0.905. The molecule has 2 amide bonds. The molecule has 6 heteroatoms. The van der Waals surface area contributed by atoms with Gasteiger partial charge >= 0.3 is 0 Å². The maximum Gasteiger partial charge on any atom is 0.253 e. The molecule has 0 bridgehead atoms. The lowest BCUT2D eigenvalue weighted by atomic mass is 9.95. The largest absolute Gasteiger partial charge is 0.349 e. The Morgan fingerprint density at radius 3 is 2.48 bits per heavy atom. The number of nitrogens with zero attached hydrogens (tertiary/aromatic N) is 1. The van der Waals surface area contributed by atoms with Gasteiger partial charge in [-0.3, -0.25) is 9.59 Å². The molecule has 1 aliphatic rings. The van der Waals surface area contributed by atoms with E-state index in [0.29, 0.717) is 31.5 Å². The third kappa shape index (κ3) is 4.25. The Morgan fingerprint density at radius 2 is 1.88 bits per heavy atom. The average Bonchev–Trinajstić information content (AvgIpc) is 3.17. The van der Waals surface area contributed by atoms with E-state index in [1.165, 1.54) is 24.3 Å². The van der Waals surface area contributed by atoms with Gasteiger partial charge in [-0.25, -0.2) is 4.39 Å². The molecule has 2 aromatic rings. The molecular weight excluding hydrogens is 339 g/mol. The molecule has 0 saturated carbocycles. The molecule has 0 aliphatic carbocycles. The first-order valence-corrected chi connectivity index (χ1v) is 9.31. The van der Waals surface area contributed by atoms with Crippen LogP contribution in [0.4, 0.5) is 4.39 Å². The van der Waals surface area contributed by atoms with Gasteiger partial charge in [0.25, 0.3) is 5.91 Å². The highest BCUT2D eigenvalue weighted by Gasteiger charge is 2.28. The average molecular weight is 360 g/mol. The molecule has 1 N–H and O–H groups in total. The van der Waals surface area contributed by atoms with E-state index in [-0.39, 0.29) is 29.6 Å². The maximum atomic E-state index is 13.0. The number of halogens is 1. The van der Waals surface area contributed by atoms with Crippen LogP contribution in [0.3, 0.4) is 0 Å². The van der Waals surface area contributed by atoms with Crippen molar-refractivity contribution in [3.63, 3.8) is 0 Å². The van der Waals surface area contributed by atoms with Crippen LogP contribution in [0.25, 0.3) is 0 Å². The summed E-state index contributed by atoms with van der Waals surface area (Å²) in [5, 5.41) is 5.06. The molecule has 1 atom stereocenters. The SMILES string of the molecule is C[C@@H](NC(=O)C1CCN(C(=O)c2ccc(F)cc2)CC1)c1cccs1. The normalized spacial score (nSPS) is 16.5. The van der Waals surface area contributed by atoms with E-state index in [1.807, 2.05) is 24.4 Å². The van der Waals surface area contributed by atoms with Crippen LogP contribution in [0.15, 0.2) is 41.8 Å². The van der Waals surface area contributed by atoms with Crippen LogP contribution in [-0.2, 0) is 4.79 Å². The lowest BCUT2D eigenvalue weighted by molar-refractivity contribution is -0.126. The Kier molecular flexibility index (Phi) is 5.48. The minimum Gasteiger partial charge on any atom is -0.349 e. The summed E-state index contributed by atoms with van der Waals surface area (Å²) in [5.74, 6) is -0.480. The van der Waals surface area contributed by atoms with Gasteiger partial charge in [0.2, 0.25) is 5.91 Å². The molecule has 0 unspecified atom stereocenters. The zero-order valence-electron chi connectivity index (χ0n) is 14.1. The molecular formula is C19H21FN2O2S. The summed E-state index contributed by atoms with van der Waals surface area (Å²) in [6.07, 6.45) is 1.30. The van der Waals surface area contributed by atoms with Crippen LogP contribution in [0.5, 0.6) is 0 Å². The predicted molar refractivity (Wildman–Crippen MR) is 95.9 cm³/mol. The van der Waals surface area contributed by atoms with E-state index >= 15 is 0 Å². The van der Waals surface area contributed by atoms with Gasteiger partial charge in [-0.05, 0) is 55.5 Å². The fraction of sp³-hybridized carbons (Fsp3) is 0.368. The lowest BCUT2D eigenvalue weighted by Gasteiger charge is -2.32. The summed E-state index contributed by atoms with van der Waals surface area (Å²) < 4.78 is 13.0. The van der Waals surface area contributed by atoms with Crippen LogP contribution < -0.4 is 5.32 Å². The van der Waals surface area contributed by atoms with Crippen LogP contribution >= 0.6 is 11.3 Å². The number of thiophene rings is 1. The molecule has 2 heterocycles. The molecule has 0 spiro atoms. The van der Waals surface area contributed by atoms with Crippen molar-refractivity contribution in [3.8, 4) is 0 Å². The van der Waals surface area contributed by atoms with Crippen molar-refractivity contribution in [1.29, 1.82) is 0 Å². The monoisotopic (exact) mass is 360 g/mol. The number of carbonyl (C=O) groups excluding carboxylic acids is 2. The number of amides is 2. The zero-order chi connectivity index (χ0) is 17.8. The van der Waals surface area contributed by atoms with Gasteiger partial charge in [0.05, 0.1) is 6.04 Å². The van der Waals surface area contributed by atoms with Crippen molar-refractivity contribution in [3.05, 3.63) is 58.0 Å². The Morgan fingerprint density at radius 1 is 1.20 bits per heavy atom. The predicted octanol–water partition coefficient (Wildman–Crippen LogP) is 3.62. The van der Waals surface area contributed by atoms with Crippen molar-refractivity contribution in [2.45, 2.75) is 25.8 Å². The highest BCUT2D eigenvalue weighted by molar-refractivity contribution is 7.10. The van der Waals surface area contributed by atoms with Gasteiger partial charge in [0.15, 0.2) is 0 Å². The van der Waals surface area contributed by atoms with Crippen molar-refractivity contribution < 1.29 is 14.0 Å². The zero-order valence-corrected chi connectivity index (χ0v) is 14.9. The standard InChI is InChI=1S/C19H21FN2O2S/c1-13(17-3-2-12-25-17)21-18(23)14-8-10-22(11-9-14)19(24)15-4-6-16(20)7-5-15/h2-7,12-14H,8-11H2,1H3,(H,21,23)/t13-/m1/s1. The van der Waals surface area contributed by atoms with Gasteiger partial charge in [0, 0.05) is 29.4 Å². The van der Waals surface area contributed by atoms with Crippen LogP contribution in [0, 0.1) is 11.7 Å². The first-order valence-electron chi connectivity index (χ1n) is 8.43. The van der Waals surface area contributed by atoms with E-state index in [9.17, 15) is 14.0 Å². The van der Waals surface area contributed by atoms with E-state index in [0.717, 1.165) is 4.88 Å². The summed E-state index contributed by atoms with van der Waals surface area (Å²) in [6, 6.07) is 9.57. The number of likely N-dealkylation sites (tertiary alicyclic amines) is 1. The second-order valence-corrected chi connectivity index (χ2v) is 7.30. The van der Waals surface area contributed by atoms with Gasteiger partial charge < -0.3 is 10.2 Å². The third-order valence-electron chi connectivity index (χ3n) is 4.57. The Bertz CT molecular complexity index is 722. The Labute approximate surface area is 150 Å². The smallest absolute Gasteiger partial charge is 0.253 e. The van der Waals surface area contributed by atoms with Crippen LogP contribution in [-0.4, -0.2) is 29.8 Å².